The molecule has 1 unspecified atom stereocenters. The van der Waals surface area contributed by atoms with E-state index in [-0.39, 0.29) is 17.4 Å². The molecular formula is C19H30N3O2+. The quantitative estimate of drug-likeness (QED) is 0.726. The van der Waals surface area contributed by atoms with Gasteiger partial charge >= 0.3 is 0 Å². The lowest BCUT2D eigenvalue weighted by molar-refractivity contribution is -0.881. The SMILES string of the molecule is CC[NH+](CC(=O)Nc1ccc2c(c1)CCC2)CC(=O)NC(C)(C)C. The Morgan fingerprint density at radius 3 is 2.42 bits per heavy atom. The third-order valence-corrected chi connectivity index (χ3v) is 4.22. The van der Waals surface area contributed by atoms with E-state index >= 15 is 0 Å². The molecule has 1 atom stereocenters. The van der Waals surface area contributed by atoms with Crippen LogP contribution in [-0.2, 0) is 22.4 Å². The van der Waals surface area contributed by atoms with E-state index < -0.39 is 0 Å². The Balaban J connectivity index is 1.86. The smallest absolute Gasteiger partial charge is 0.279 e. The van der Waals surface area contributed by atoms with E-state index in [0.29, 0.717) is 13.1 Å². The zero-order valence-electron chi connectivity index (χ0n) is 15.3. The van der Waals surface area contributed by atoms with E-state index in [1.54, 1.807) is 0 Å². The number of rotatable bonds is 6. The number of anilines is 1. The molecule has 0 aromatic heterocycles. The topological polar surface area (TPSA) is 62.6 Å². The van der Waals surface area contributed by atoms with Crippen molar-refractivity contribution < 1.29 is 14.5 Å². The van der Waals surface area contributed by atoms with Gasteiger partial charge in [0, 0.05) is 11.2 Å². The van der Waals surface area contributed by atoms with Crippen LogP contribution in [0.25, 0.3) is 0 Å². The van der Waals surface area contributed by atoms with Crippen LogP contribution in [0.2, 0.25) is 0 Å². The number of fused-ring (bicyclic) bond motifs is 1. The van der Waals surface area contributed by atoms with Crippen molar-refractivity contribution in [3.8, 4) is 0 Å². The van der Waals surface area contributed by atoms with Crippen molar-refractivity contribution >= 4 is 17.5 Å². The van der Waals surface area contributed by atoms with Crippen LogP contribution in [-0.4, -0.2) is 37.0 Å². The largest absolute Gasteiger partial charge is 0.347 e. The van der Waals surface area contributed by atoms with Gasteiger partial charge in [0.2, 0.25) is 0 Å². The Labute approximate surface area is 144 Å². The van der Waals surface area contributed by atoms with Gasteiger partial charge in [0.05, 0.1) is 6.54 Å². The van der Waals surface area contributed by atoms with Crippen molar-refractivity contribution in [1.29, 1.82) is 0 Å². The van der Waals surface area contributed by atoms with Crippen molar-refractivity contribution in [3.63, 3.8) is 0 Å². The minimum Gasteiger partial charge on any atom is -0.347 e. The minimum absolute atomic E-state index is 0.0234. The fourth-order valence-electron chi connectivity index (χ4n) is 3.08. The first kappa shape index (κ1) is 18.5. The molecule has 0 radical (unpaired) electrons. The van der Waals surface area contributed by atoms with Gasteiger partial charge in [-0.15, -0.1) is 0 Å². The third-order valence-electron chi connectivity index (χ3n) is 4.22. The lowest BCUT2D eigenvalue weighted by Crippen LogP contribution is -3.14. The van der Waals surface area contributed by atoms with Crippen LogP contribution < -0.4 is 15.5 Å². The van der Waals surface area contributed by atoms with E-state index in [0.717, 1.165) is 30.0 Å². The predicted molar refractivity (Wildman–Crippen MR) is 96.2 cm³/mol. The molecule has 0 heterocycles. The highest BCUT2D eigenvalue weighted by molar-refractivity contribution is 5.91. The summed E-state index contributed by atoms with van der Waals surface area (Å²) in [6.07, 6.45) is 3.43. The van der Waals surface area contributed by atoms with Crippen LogP contribution in [0.5, 0.6) is 0 Å². The Morgan fingerprint density at radius 2 is 1.75 bits per heavy atom. The Morgan fingerprint density at radius 1 is 1.08 bits per heavy atom. The highest BCUT2D eigenvalue weighted by atomic mass is 16.2. The van der Waals surface area contributed by atoms with Crippen molar-refractivity contribution in [3.05, 3.63) is 29.3 Å². The highest BCUT2D eigenvalue weighted by Crippen LogP contribution is 2.24. The van der Waals surface area contributed by atoms with Crippen LogP contribution in [0.3, 0.4) is 0 Å². The first-order valence-corrected chi connectivity index (χ1v) is 8.83. The van der Waals surface area contributed by atoms with Crippen molar-refractivity contribution in [1.82, 2.24) is 5.32 Å². The van der Waals surface area contributed by atoms with E-state index in [1.165, 1.54) is 17.5 Å². The maximum Gasteiger partial charge on any atom is 0.279 e. The second kappa shape index (κ2) is 7.79. The molecule has 1 aromatic carbocycles. The van der Waals surface area contributed by atoms with E-state index in [9.17, 15) is 9.59 Å². The van der Waals surface area contributed by atoms with Gasteiger partial charge in [-0.3, -0.25) is 9.59 Å². The molecule has 0 aliphatic heterocycles. The molecule has 132 valence electrons. The monoisotopic (exact) mass is 332 g/mol. The highest BCUT2D eigenvalue weighted by Gasteiger charge is 2.20. The van der Waals surface area contributed by atoms with Crippen LogP contribution in [0.15, 0.2) is 18.2 Å². The number of hydrogen-bond donors (Lipinski definition) is 3. The second-order valence-electron chi connectivity index (χ2n) is 7.64. The average Bonchev–Trinajstić information content (AvgIpc) is 2.91. The molecule has 1 aromatic rings. The lowest BCUT2D eigenvalue weighted by atomic mass is 10.1. The summed E-state index contributed by atoms with van der Waals surface area (Å²) < 4.78 is 0. The summed E-state index contributed by atoms with van der Waals surface area (Å²) in [4.78, 5) is 25.3. The van der Waals surface area contributed by atoms with Gasteiger partial charge in [0.15, 0.2) is 13.1 Å². The van der Waals surface area contributed by atoms with Gasteiger partial charge in [0.25, 0.3) is 11.8 Å². The molecule has 2 rings (SSSR count). The molecule has 0 spiro atoms. The molecular weight excluding hydrogens is 302 g/mol. The summed E-state index contributed by atoms with van der Waals surface area (Å²) in [6, 6.07) is 6.16. The summed E-state index contributed by atoms with van der Waals surface area (Å²) in [6.45, 7) is 9.19. The number of amides is 2. The second-order valence-corrected chi connectivity index (χ2v) is 7.64. The summed E-state index contributed by atoms with van der Waals surface area (Å²) in [5.41, 5.74) is 3.35. The van der Waals surface area contributed by atoms with Gasteiger partial charge in [-0.25, -0.2) is 0 Å². The zero-order valence-corrected chi connectivity index (χ0v) is 15.3. The van der Waals surface area contributed by atoms with E-state index in [4.69, 9.17) is 0 Å². The maximum atomic E-state index is 12.3. The Bertz CT molecular complexity index is 605. The molecule has 24 heavy (non-hydrogen) atoms. The fourth-order valence-corrected chi connectivity index (χ4v) is 3.08. The zero-order chi connectivity index (χ0) is 17.7. The molecule has 2 amide bonds. The normalized spacial score (nSPS) is 14.8. The average molecular weight is 332 g/mol. The molecule has 1 aliphatic rings. The molecule has 0 saturated heterocycles. The number of nitrogens with one attached hydrogen (secondary N) is 3. The number of likely N-dealkylation sites (N-methyl/N-ethyl adjacent to an activating group) is 1. The standard InChI is InChI=1S/C19H29N3O2/c1-5-22(13-18(24)21-19(2,3)4)12-17(23)20-16-10-9-14-7-6-8-15(14)11-16/h9-11H,5-8,12-13H2,1-4H3,(H,20,23)(H,21,24)/p+1. The number of aryl methyl sites for hydroxylation is 2. The number of carbonyl (C=O) groups excluding carboxylic acids is 2. The molecule has 0 saturated carbocycles. The first-order valence-electron chi connectivity index (χ1n) is 8.83. The van der Waals surface area contributed by atoms with Gasteiger partial charge in [-0.05, 0) is 70.2 Å². The molecule has 3 N–H and O–H groups in total. The molecule has 5 heteroatoms. The number of benzene rings is 1. The van der Waals surface area contributed by atoms with Crippen LogP contribution in [0.1, 0.15) is 45.2 Å². The summed E-state index contributed by atoms with van der Waals surface area (Å²) in [7, 11) is 0. The lowest BCUT2D eigenvalue weighted by Gasteiger charge is -2.23. The Kier molecular flexibility index (Phi) is 5.99. The van der Waals surface area contributed by atoms with Crippen LogP contribution in [0, 0.1) is 0 Å². The van der Waals surface area contributed by atoms with E-state index in [2.05, 4.69) is 22.8 Å². The number of quaternary nitrogens is 1. The van der Waals surface area contributed by atoms with Gasteiger partial charge in [0.1, 0.15) is 0 Å². The minimum atomic E-state index is -0.247. The first-order chi connectivity index (χ1) is 11.3. The van der Waals surface area contributed by atoms with Gasteiger partial charge < -0.3 is 15.5 Å². The van der Waals surface area contributed by atoms with E-state index in [1.807, 2.05) is 33.8 Å². The van der Waals surface area contributed by atoms with Crippen molar-refractivity contribution in [2.45, 2.75) is 52.5 Å². The van der Waals surface area contributed by atoms with Crippen LogP contribution >= 0.6 is 0 Å². The van der Waals surface area contributed by atoms with Gasteiger partial charge in [-0.2, -0.15) is 0 Å². The fraction of sp³-hybridized carbons (Fsp3) is 0.579. The number of carbonyl (C=O) groups is 2. The Hall–Kier alpha value is -1.88. The molecule has 0 fully saturated rings. The summed E-state index contributed by atoms with van der Waals surface area (Å²) >= 11 is 0. The molecule has 1 aliphatic carbocycles. The summed E-state index contributed by atoms with van der Waals surface area (Å²) in [5.74, 6) is -0.0713. The van der Waals surface area contributed by atoms with Crippen LogP contribution in [0.4, 0.5) is 5.69 Å². The van der Waals surface area contributed by atoms with Crippen molar-refractivity contribution in [2.24, 2.45) is 0 Å². The number of hydrogen-bond acceptors (Lipinski definition) is 2. The third kappa shape index (κ3) is 5.64. The van der Waals surface area contributed by atoms with Crippen molar-refractivity contribution in [2.75, 3.05) is 25.0 Å². The summed E-state index contributed by atoms with van der Waals surface area (Å²) in [5, 5.41) is 5.91. The molecule has 0 bridgehead atoms. The molecule has 5 nitrogen and oxygen atoms in total. The predicted octanol–water partition coefficient (Wildman–Crippen LogP) is 0.933. The van der Waals surface area contributed by atoms with Gasteiger partial charge in [-0.1, -0.05) is 6.07 Å². The maximum absolute atomic E-state index is 12.3.